The van der Waals surface area contributed by atoms with Crippen LogP contribution in [0.4, 0.5) is 5.69 Å². The lowest BCUT2D eigenvalue weighted by Crippen LogP contribution is -2.13. The van der Waals surface area contributed by atoms with Crippen LogP contribution in [-0.4, -0.2) is 14.3 Å². The Morgan fingerprint density at radius 2 is 1.77 bits per heavy atom. The van der Waals surface area contributed by atoms with Gasteiger partial charge in [0, 0.05) is 21.5 Å². The van der Waals surface area contributed by atoms with E-state index in [4.69, 9.17) is 5.14 Å². The first-order valence-corrected chi connectivity index (χ1v) is 10.1. The normalized spacial score (nSPS) is 11.6. The van der Waals surface area contributed by atoms with Crippen molar-refractivity contribution < 1.29 is 13.2 Å². The van der Waals surface area contributed by atoms with E-state index in [9.17, 15) is 13.2 Å². The van der Waals surface area contributed by atoms with Gasteiger partial charge >= 0.3 is 0 Å². The van der Waals surface area contributed by atoms with Crippen molar-refractivity contribution in [2.45, 2.75) is 4.90 Å². The van der Waals surface area contributed by atoms with E-state index >= 15 is 0 Å². The van der Waals surface area contributed by atoms with Gasteiger partial charge in [-0.15, -0.1) is 11.3 Å². The number of carbonyl (C=O) groups excluding carboxylic acids is 1. The summed E-state index contributed by atoms with van der Waals surface area (Å²) in [6.07, 6.45) is 3.13. The zero-order chi connectivity index (χ0) is 18.6. The van der Waals surface area contributed by atoms with Crippen molar-refractivity contribution in [2.24, 2.45) is 5.14 Å². The van der Waals surface area contributed by atoms with Gasteiger partial charge in [0.15, 0.2) is 0 Å². The second-order valence-electron chi connectivity index (χ2n) is 5.46. The molecule has 0 aliphatic rings. The van der Waals surface area contributed by atoms with Crippen LogP contribution < -0.4 is 10.5 Å². The van der Waals surface area contributed by atoms with Crippen LogP contribution in [0.5, 0.6) is 0 Å². The highest BCUT2D eigenvalue weighted by Crippen LogP contribution is 2.28. The lowest BCUT2D eigenvalue weighted by Gasteiger charge is -2.04. The molecule has 0 aliphatic carbocycles. The molecule has 0 radical (unpaired) electrons. The highest BCUT2D eigenvalue weighted by Gasteiger charge is 2.08. The molecule has 5 nitrogen and oxygen atoms in total. The molecule has 3 aromatic rings. The van der Waals surface area contributed by atoms with Crippen LogP contribution in [0.3, 0.4) is 0 Å². The summed E-state index contributed by atoms with van der Waals surface area (Å²) >= 11 is 1.58. The molecule has 0 aliphatic heterocycles. The van der Waals surface area contributed by atoms with Gasteiger partial charge in [-0.1, -0.05) is 36.4 Å². The van der Waals surface area contributed by atoms with Gasteiger partial charge < -0.3 is 5.32 Å². The van der Waals surface area contributed by atoms with Gasteiger partial charge in [0.05, 0.1) is 4.90 Å². The van der Waals surface area contributed by atoms with Crippen LogP contribution in [0.2, 0.25) is 0 Å². The summed E-state index contributed by atoms with van der Waals surface area (Å²) in [6.45, 7) is 0. The van der Waals surface area contributed by atoms with Gasteiger partial charge in [-0.05, 0) is 42.0 Å². The number of benzene rings is 2. The number of nitrogens with two attached hydrogens (primary N) is 1. The molecule has 0 atom stereocenters. The minimum absolute atomic E-state index is 0.0509. The molecular formula is C19H16N2O3S2. The molecule has 0 unspecified atom stereocenters. The van der Waals surface area contributed by atoms with Crippen molar-refractivity contribution in [2.75, 3.05) is 5.32 Å². The predicted molar refractivity (Wildman–Crippen MR) is 105 cm³/mol. The van der Waals surface area contributed by atoms with Crippen molar-refractivity contribution >= 4 is 39.0 Å². The van der Waals surface area contributed by atoms with Crippen LogP contribution >= 0.6 is 11.3 Å². The fourth-order valence-electron chi connectivity index (χ4n) is 2.29. The highest BCUT2D eigenvalue weighted by molar-refractivity contribution is 7.89. The molecular weight excluding hydrogens is 368 g/mol. The van der Waals surface area contributed by atoms with Gasteiger partial charge in [0.25, 0.3) is 0 Å². The van der Waals surface area contributed by atoms with E-state index in [0.717, 1.165) is 15.3 Å². The number of thiophene rings is 1. The number of hydrogen-bond donors (Lipinski definition) is 2. The molecule has 26 heavy (non-hydrogen) atoms. The largest absolute Gasteiger partial charge is 0.322 e. The number of sulfonamides is 1. The summed E-state index contributed by atoms with van der Waals surface area (Å²) in [5, 5.41) is 7.71. The van der Waals surface area contributed by atoms with Gasteiger partial charge in [0.2, 0.25) is 15.9 Å². The van der Waals surface area contributed by atoms with Gasteiger partial charge in [-0.3, -0.25) is 4.79 Å². The number of hydrogen-bond acceptors (Lipinski definition) is 4. The lowest BCUT2D eigenvalue weighted by atomic mass is 10.2. The maximum absolute atomic E-state index is 12.0. The van der Waals surface area contributed by atoms with Crippen LogP contribution in [0.25, 0.3) is 16.5 Å². The van der Waals surface area contributed by atoms with E-state index in [1.165, 1.54) is 24.3 Å². The molecule has 2 aromatic carbocycles. The van der Waals surface area contributed by atoms with Crippen molar-refractivity contribution in [3.05, 3.63) is 77.7 Å². The molecule has 3 rings (SSSR count). The molecule has 0 saturated carbocycles. The average Bonchev–Trinajstić information content (AvgIpc) is 3.09. The van der Waals surface area contributed by atoms with Gasteiger partial charge in [0.1, 0.15) is 0 Å². The third-order valence-corrected chi connectivity index (χ3v) is 5.52. The van der Waals surface area contributed by atoms with E-state index in [-0.39, 0.29) is 10.8 Å². The monoisotopic (exact) mass is 384 g/mol. The zero-order valence-electron chi connectivity index (χ0n) is 13.6. The maximum Gasteiger partial charge on any atom is 0.248 e. The van der Waals surface area contributed by atoms with Crippen LogP contribution in [0.15, 0.2) is 77.7 Å². The average molecular weight is 384 g/mol. The summed E-state index contributed by atoms with van der Waals surface area (Å²) < 4.78 is 22.7. The standard InChI is InChI=1S/C19H16N2O3S2/c20-26(23,24)17-8-4-7-15(13-17)21-19(22)12-10-16-9-11-18(25-16)14-5-2-1-3-6-14/h1-13H,(H,21,22)(H2,20,23,24). The van der Waals surface area contributed by atoms with Crippen LogP contribution in [-0.2, 0) is 14.8 Å². The zero-order valence-corrected chi connectivity index (χ0v) is 15.3. The second-order valence-corrected chi connectivity index (χ2v) is 8.14. The third kappa shape index (κ3) is 4.66. The molecule has 1 amide bonds. The first-order chi connectivity index (χ1) is 12.4. The number of carbonyl (C=O) groups is 1. The van der Waals surface area contributed by atoms with Crippen LogP contribution in [0, 0.1) is 0 Å². The molecule has 0 saturated heterocycles. The van der Waals surface area contributed by atoms with E-state index in [0.29, 0.717) is 5.69 Å². The first-order valence-electron chi connectivity index (χ1n) is 7.69. The van der Waals surface area contributed by atoms with Crippen molar-refractivity contribution in [1.29, 1.82) is 0 Å². The number of nitrogens with one attached hydrogen (secondary N) is 1. The summed E-state index contributed by atoms with van der Waals surface area (Å²) in [5.41, 5.74) is 1.49. The topological polar surface area (TPSA) is 89.3 Å². The smallest absolute Gasteiger partial charge is 0.248 e. The Hall–Kier alpha value is -2.74. The van der Waals surface area contributed by atoms with Crippen LogP contribution in [0.1, 0.15) is 4.88 Å². The molecule has 0 bridgehead atoms. The van der Waals surface area contributed by atoms with E-state index in [1.54, 1.807) is 23.5 Å². The molecule has 3 N–H and O–H groups in total. The summed E-state index contributed by atoms with van der Waals surface area (Å²) in [7, 11) is -3.81. The molecule has 132 valence electrons. The Morgan fingerprint density at radius 1 is 1.00 bits per heavy atom. The summed E-state index contributed by atoms with van der Waals surface area (Å²) in [6, 6.07) is 19.7. The Kier molecular flexibility index (Phi) is 5.32. The number of anilines is 1. The molecule has 1 heterocycles. The third-order valence-electron chi connectivity index (χ3n) is 3.51. The van der Waals surface area contributed by atoms with Crippen molar-refractivity contribution in [3.8, 4) is 10.4 Å². The number of rotatable bonds is 5. The molecule has 7 heteroatoms. The highest BCUT2D eigenvalue weighted by atomic mass is 32.2. The fourth-order valence-corrected chi connectivity index (χ4v) is 3.77. The van der Waals surface area contributed by atoms with E-state index in [1.807, 2.05) is 42.5 Å². The Balaban J connectivity index is 1.68. The molecule has 0 spiro atoms. The van der Waals surface area contributed by atoms with Gasteiger partial charge in [-0.25, -0.2) is 13.6 Å². The SMILES string of the molecule is NS(=O)(=O)c1cccc(NC(=O)C=Cc2ccc(-c3ccccc3)s2)c1. The van der Waals surface area contributed by atoms with E-state index < -0.39 is 10.0 Å². The Morgan fingerprint density at radius 3 is 2.50 bits per heavy atom. The maximum atomic E-state index is 12.0. The Labute approximate surface area is 155 Å². The lowest BCUT2D eigenvalue weighted by molar-refractivity contribution is -0.111. The minimum atomic E-state index is -3.81. The quantitative estimate of drug-likeness (QED) is 0.657. The van der Waals surface area contributed by atoms with Crippen molar-refractivity contribution in [3.63, 3.8) is 0 Å². The first kappa shape index (κ1) is 18.1. The second kappa shape index (κ2) is 7.65. The summed E-state index contributed by atoms with van der Waals surface area (Å²) in [4.78, 5) is 14.1. The summed E-state index contributed by atoms with van der Waals surface area (Å²) in [5.74, 6) is -0.355. The number of amides is 1. The fraction of sp³-hybridized carbons (Fsp3) is 0. The molecule has 0 fully saturated rings. The molecule has 1 aromatic heterocycles. The van der Waals surface area contributed by atoms with E-state index in [2.05, 4.69) is 5.32 Å². The van der Waals surface area contributed by atoms with Gasteiger partial charge in [-0.2, -0.15) is 0 Å². The number of primary sulfonamides is 1. The predicted octanol–water partition coefficient (Wildman–Crippen LogP) is 3.71. The Bertz CT molecular complexity index is 1060. The van der Waals surface area contributed by atoms with Crippen molar-refractivity contribution in [1.82, 2.24) is 0 Å². The minimum Gasteiger partial charge on any atom is -0.322 e.